The van der Waals surface area contributed by atoms with Gasteiger partial charge in [0.15, 0.2) is 0 Å². The van der Waals surface area contributed by atoms with Crippen LogP contribution < -0.4 is 5.73 Å². The van der Waals surface area contributed by atoms with E-state index >= 15 is 0 Å². The van der Waals surface area contributed by atoms with Gasteiger partial charge in [0.25, 0.3) is 0 Å². The molecule has 0 aliphatic heterocycles. The SMILES string of the molecule is CC1CCCC1(CN)c1c(F)cccc1Cl. The van der Waals surface area contributed by atoms with Crippen LogP contribution in [-0.4, -0.2) is 6.54 Å². The van der Waals surface area contributed by atoms with Crippen molar-refractivity contribution in [3.8, 4) is 0 Å². The predicted octanol–water partition coefficient (Wildman–Crippen LogP) is 3.50. The molecule has 1 aromatic rings. The van der Waals surface area contributed by atoms with Crippen molar-refractivity contribution in [1.29, 1.82) is 0 Å². The van der Waals surface area contributed by atoms with Crippen molar-refractivity contribution in [2.45, 2.75) is 31.6 Å². The van der Waals surface area contributed by atoms with Crippen molar-refractivity contribution in [1.82, 2.24) is 0 Å². The molecular weight excluding hydrogens is 225 g/mol. The molecule has 0 aromatic heterocycles. The first-order valence-electron chi connectivity index (χ1n) is 5.76. The largest absolute Gasteiger partial charge is 0.330 e. The number of hydrogen-bond acceptors (Lipinski definition) is 1. The van der Waals surface area contributed by atoms with Crippen LogP contribution in [0, 0.1) is 11.7 Å². The lowest BCUT2D eigenvalue weighted by molar-refractivity contribution is 0.333. The van der Waals surface area contributed by atoms with Gasteiger partial charge in [0.1, 0.15) is 5.82 Å². The van der Waals surface area contributed by atoms with Crippen molar-refractivity contribution in [2.75, 3.05) is 6.54 Å². The molecule has 0 amide bonds. The van der Waals surface area contributed by atoms with Crippen LogP contribution in [0.2, 0.25) is 5.02 Å². The molecule has 88 valence electrons. The zero-order valence-electron chi connectivity index (χ0n) is 9.47. The summed E-state index contributed by atoms with van der Waals surface area (Å²) >= 11 is 6.15. The molecule has 0 spiro atoms. The average molecular weight is 242 g/mol. The Labute approximate surface area is 101 Å². The first-order chi connectivity index (χ1) is 7.62. The van der Waals surface area contributed by atoms with Gasteiger partial charge in [-0.3, -0.25) is 0 Å². The van der Waals surface area contributed by atoms with Crippen LogP contribution in [0.25, 0.3) is 0 Å². The molecule has 0 radical (unpaired) electrons. The summed E-state index contributed by atoms with van der Waals surface area (Å²) in [6.45, 7) is 2.61. The van der Waals surface area contributed by atoms with Gasteiger partial charge in [-0.1, -0.05) is 31.0 Å². The second-order valence-corrected chi connectivity index (χ2v) is 5.16. The number of hydrogen-bond donors (Lipinski definition) is 1. The van der Waals surface area contributed by atoms with Crippen LogP contribution in [0.1, 0.15) is 31.7 Å². The Morgan fingerprint density at radius 2 is 2.31 bits per heavy atom. The second kappa shape index (κ2) is 4.34. The van der Waals surface area contributed by atoms with Gasteiger partial charge in [-0.05, 0) is 30.9 Å². The molecule has 16 heavy (non-hydrogen) atoms. The lowest BCUT2D eigenvalue weighted by Crippen LogP contribution is -2.38. The van der Waals surface area contributed by atoms with E-state index in [9.17, 15) is 4.39 Å². The van der Waals surface area contributed by atoms with E-state index in [2.05, 4.69) is 6.92 Å². The molecule has 2 rings (SSSR count). The summed E-state index contributed by atoms with van der Waals surface area (Å²) in [5.41, 5.74) is 6.27. The summed E-state index contributed by atoms with van der Waals surface area (Å²) in [5, 5.41) is 0.513. The highest BCUT2D eigenvalue weighted by Gasteiger charge is 2.43. The Balaban J connectivity index is 2.56. The molecule has 0 saturated heterocycles. The monoisotopic (exact) mass is 241 g/mol. The van der Waals surface area contributed by atoms with Crippen LogP contribution in [-0.2, 0) is 5.41 Å². The fourth-order valence-corrected chi connectivity index (χ4v) is 3.35. The van der Waals surface area contributed by atoms with E-state index in [0.29, 0.717) is 23.0 Å². The van der Waals surface area contributed by atoms with Gasteiger partial charge in [0.05, 0.1) is 0 Å². The Kier molecular flexibility index (Phi) is 3.22. The van der Waals surface area contributed by atoms with Crippen molar-refractivity contribution >= 4 is 11.6 Å². The third kappa shape index (κ3) is 1.64. The Morgan fingerprint density at radius 3 is 2.81 bits per heavy atom. The van der Waals surface area contributed by atoms with E-state index in [1.165, 1.54) is 6.07 Å². The number of benzene rings is 1. The van der Waals surface area contributed by atoms with E-state index in [4.69, 9.17) is 17.3 Å². The minimum atomic E-state index is -0.261. The van der Waals surface area contributed by atoms with Crippen LogP contribution in [0.5, 0.6) is 0 Å². The van der Waals surface area contributed by atoms with Gasteiger partial charge >= 0.3 is 0 Å². The van der Waals surface area contributed by atoms with Crippen LogP contribution in [0.15, 0.2) is 18.2 Å². The van der Waals surface area contributed by atoms with Gasteiger partial charge in [-0.25, -0.2) is 4.39 Å². The standard InChI is InChI=1S/C13H17ClFN/c1-9-4-3-7-13(9,8-16)12-10(14)5-2-6-11(12)15/h2,5-6,9H,3-4,7-8,16H2,1H3. The van der Waals surface area contributed by atoms with Gasteiger partial charge < -0.3 is 5.73 Å². The third-order valence-corrected chi connectivity index (χ3v) is 4.34. The zero-order chi connectivity index (χ0) is 11.8. The molecule has 3 heteroatoms. The topological polar surface area (TPSA) is 26.0 Å². The number of nitrogens with two attached hydrogens (primary N) is 1. The minimum Gasteiger partial charge on any atom is -0.330 e. The maximum atomic E-state index is 14.0. The molecule has 2 atom stereocenters. The molecule has 1 fully saturated rings. The predicted molar refractivity (Wildman–Crippen MR) is 65.2 cm³/mol. The first kappa shape index (κ1) is 11.9. The fourth-order valence-electron chi connectivity index (χ4n) is 3.00. The lowest BCUT2D eigenvalue weighted by Gasteiger charge is -2.34. The first-order valence-corrected chi connectivity index (χ1v) is 6.14. The Morgan fingerprint density at radius 1 is 1.56 bits per heavy atom. The molecule has 1 nitrogen and oxygen atoms in total. The van der Waals surface area contributed by atoms with Crippen molar-refractivity contribution in [3.05, 3.63) is 34.6 Å². The maximum absolute atomic E-state index is 14.0. The second-order valence-electron chi connectivity index (χ2n) is 4.75. The summed E-state index contributed by atoms with van der Waals surface area (Å²) in [5.74, 6) is 0.179. The van der Waals surface area contributed by atoms with Crippen LogP contribution >= 0.6 is 11.6 Å². The van der Waals surface area contributed by atoms with Crippen molar-refractivity contribution in [2.24, 2.45) is 11.7 Å². The van der Waals surface area contributed by atoms with E-state index in [0.717, 1.165) is 19.3 Å². The Hall–Kier alpha value is -0.600. The van der Waals surface area contributed by atoms with Gasteiger partial charge in [-0.15, -0.1) is 0 Å². The lowest BCUT2D eigenvalue weighted by atomic mass is 9.73. The summed E-state index contributed by atoms with van der Waals surface area (Å²) in [6, 6.07) is 4.87. The summed E-state index contributed by atoms with van der Waals surface area (Å²) in [6.07, 6.45) is 3.14. The van der Waals surface area contributed by atoms with Gasteiger partial charge in [0.2, 0.25) is 0 Å². The van der Waals surface area contributed by atoms with Gasteiger partial charge in [0, 0.05) is 22.5 Å². The highest BCUT2D eigenvalue weighted by Crippen LogP contribution is 2.47. The number of rotatable bonds is 2. The quantitative estimate of drug-likeness (QED) is 0.843. The van der Waals surface area contributed by atoms with Crippen molar-refractivity contribution < 1.29 is 4.39 Å². The zero-order valence-corrected chi connectivity index (χ0v) is 10.2. The smallest absolute Gasteiger partial charge is 0.128 e. The molecule has 0 bridgehead atoms. The molecular formula is C13H17ClFN. The fraction of sp³-hybridized carbons (Fsp3) is 0.538. The molecule has 0 heterocycles. The molecule has 1 aliphatic rings. The van der Waals surface area contributed by atoms with Gasteiger partial charge in [-0.2, -0.15) is 0 Å². The van der Waals surface area contributed by atoms with E-state index in [-0.39, 0.29) is 11.2 Å². The molecule has 1 aromatic carbocycles. The number of halogens is 2. The molecule has 1 aliphatic carbocycles. The highest BCUT2D eigenvalue weighted by molar-refractivity contribution is 6.31. The van der Waals surface area contributed by atoms with E-state index in [1.54, 1.807) is 12.1 Å². The van der Waals surface area contributed by atoms with Crippen LogP contribution in [0.3, 0.4) is 0 Å². The molecule has 2 N–H and O–H groups in total. The minimum absolute atomic E-state index is 0.216. The van der Waals surface area contributed by atoms with E-state index in [1.807, 2.05) is 0 Å². The molecule has 2 unspecified atom stereocenters. The highest BCUT2D eigenvalue weighted by atomic mass is 35.5. The maximum Gasteiger partial charge on any atom is 0.128 e. The third-order valence-electron chi connectivity index (χ3n) is 4.03. The molecule has 1 saturated carbocycles. The Bertz CT molecular complexity index is 373. The normalized spacial score (nSPS) is 29.6. The average Bonchev–Trinajstić information content (AvgIpc) is 2.61. The summed E-state index contributed by atoms with van der Waals surface area (Å²) in [7, 11) is 0. The summed E-state index contributed by atoms with van der Waals surface area (Å²) < 4.78 is 14.0. The van der Waals surface area contributed by atoms with Crippen molar-refractivity contribution in [3.63, 3.8) is 0 Å². The summed E-state index contributed by atoms with van der Waals surface area (Å²) in [4.78, 5) is 0. The van der Waals surface area contributed by atoms with Crippen LogP contribution in [0.4, 0.5) is 4.39 Å². The van der Waals surface area contributed by atoms with E-state index < -0.39 is 0 Å².